The summed E-state index contributed by atoms with van der Waals surface area (Å²) >= 11 is 1.57. The number of pyridine rings is 2. The van der Waals surface area contributed by atoms with E-state index in [2.05, 4.69) is 30.3 Å². The fourth-order valence-electron chi connectivity index (χ4n) is 3.24. The van der Waals surface area contributed by atoms with E-state index in [4.69, 9.17) is 4.52 Å². The van der Waals surface area contributed by atoms with Crippen molar-refractivity contribution in [3.05, 3.63) is 85.0 Å². The highest BCUT2D eigenvalue weighted by Crippen LogP contribution is 2.28. The fourth-order valence-corrected chi connectivity index (χ4v) is 4.13. The number of nitrogens with zero attached hydrogens (tertiary/aromatic N) is 7. The first-order chi connectivity index (χ1) is 16.3. The first-order valence-corrected chi connectivity index (χ1v) is 11.2. The normalized spacial score (nSPS) is 11.1. The van der Waals surface area contributed by atoms with Crippen molar-refractivity contribution >= 4 is 11.8 Å². The van der Waals surface area contributed by atoms with Gasteiger partial charge in [0, 0.05) is 53.8 Å². The topological polar surface area (TPSA) is 95.4 Å². The predicted octanol–water partition coefficient (Wildman–Crippen LogP) is 4.64. The van der Waals surface area contributed by atoms with Gasteiger partial charge < -0.3 is 4.52 Å². The van der Waals surface area contributed by atoms with Gasteiger partial charge in [0.15, 0.2) is 11.0 Å². The SMILES string of the molecule is Fc1ccc(-n2c(SCCCc3nc(-c4ccncc4)no3)nnc2-c2ccncc2)cc1. The van der Waals surface area contributed by atoms with Gasteiger partial charge in [-0.25, -0.2) is 4.39 Å². The molecular formula is C23H18FN7OS. The number of aromatic nitrogens is 7. The molecule has 4 heterocycles. The number of thioether (sulfide) groups is 1. The molecule has 0 N–H and O–H groups in total. The third kappa shape index (κ3) is 4.80. The van der Waals surface area contributed by atoms with Crippen LogP contribution in [0.1, 0.15) is 12.3 Å². The van der Waals surface area contributed by atoms with Crippen LogP contribution in [0, 0.1) is 5.82 Å². The van der Waals surface area contributed by atoms with E-state index >= 15 is 0 Å². The molecule has 0 radical (unpaired) electrons. The zero-order valence-corrected chi connectivity index (χ0v) is 18.2. The third-order valence-electron chi connectivity index (χ3n) is 4.83. The minimum absolute atomic E-state index is 0.294. The molecule has 0 aliphatic rings. The quantitative estimate of drug-likeness (QED) is 0.245. The van der Waals surface area contributed by atoms with Crippen LogP contribution in [0.5, 0.6) is 0 Å². The van der Waals surface area contributed by atoms with Crippen LogP contribution in [0.25, 0.3) is 28.5 Å². The largest absolute Gasteiger partial charge is 0.339 e. The summed E-state index contributed by atoms with van der Waals surface area (Å²) in [6, 6.07) is 13.7. The van der Waals surface area contributed by atoms with E-state index in [9.17, 15) is 4.39 Å². The van der Waals surface area contributed by atoms with Crippen LogP contribution in [0.15, 0.2) is 83.0 Å². The van der Waals surface area contributed by atoms with Crippen LogP contribution in [0.3, 0.4) is 0 Å². The molecule has 0 unspecified atom stereocenters. The molecule has 0 atom stereocenters. The number of benzene rings is 1. The molecule has 0 saturated heterocycles. The Kier molecular flexibility index (Phi) is 6.16. The fraction of sp³-hybridized carbons (Fsp3) is 0.130. The molecule has 0 saturated carbocycles. The molecular weight excluding hydrogens is 441 g/mol. The molecule has 0 aliphatic carbocycles. The highest BCUT2D eigenvalue weighted by molar-refractivity contribution is 7.99. The lowest BCUT2D eigenvalue weighted by atomic mass is 10.2. The van der Waals surface area contributed by atoms with Crippen molar-refractivity contribution < 1.29 is 8.91 Å². The number of aryl methyl sites for hydroxylation is 1. The summed E-state index contributed by atoms with van der Waals surface area (Å²) in [5.41, 5.74) is 2.53. The Morgan fingerprint density at radius 3 is 2.27 bits per heavy atom. The van der Waals surface area contributed by atoms with Crippen molar-refractivity contribution in [2.45, 2.75) is 18.0 Å². The summed E-state index contributed by atoms with van der Waals surface area (Å²) in [7, 11) is 0. The van der Waals surface area contributed by atoms with E-state index in [-0.39, 0.29) is 5.82 Å². The molecule has 0 aliphatic heterocycles. The Bertz CT molecular complexity index is 1320. The second-order valence-corrected chi connectivity index (χ2v) is 8.12. The summed E-state index contributed by atoms with van der Waals surface area (Å²) in [6.45, 7) is 0. The van der Waals surface area contributed by atoms with Gasteiger partial charge in [-0.05, 0) is 55.0 Å². The van der Waals surface area contributed by atoms with Crippen LogP contribution in [-0.2, 0) is 6.42 Å². The Balaban J connectivity index is 1.29. The van der Waals surface area contributed by atoms with Crippen LogP contribution >= 0.6 is 11.8 Å². The van der Waals surface area contributed by atoms with E-state index in [0.717, 1.165) is 34.1 Å². The average Bonchev–Trinajstić information content (AvgIpc) is 3.51. The Morgan fingerprint density at radius 2 is 1.55 bits per heavy atom. The summed E-state index contributed by atoms with van der Waals surface area (Å²) in [6.07, 6.45) is 8.25. The van der Waals surface area contributed by atoms with Crippen molar-refractivity contribution in [3.63, 3.8) is 0 Å². The molecule has 164 valence electrons. The van der Waals surface area contributed by atoms with Crippen LogP contribution in [0.4, 0.5) is 4.39 Å². The smallest absolute Gasteiger partial charge is 0.226 e. The van der Waals surface area contributed by atoms with Crippen molar-refractivity contribution in [1.82, 2.24) is 34.9 Å². The van der Waals surface area contributed by atoms with E-state index in [1.54, 1.807) is 48.7 Å². The number of rotatable bonds is 8. The molecule has 33 heavy (non-hydrogen) atoms. The molecule has 5 aromatic rings. The van der Waals surface area contributed by atoms with E-state index in [0.29, 0.717) is 24.0 Å². The predicted molar refractivity (Wildman–Crippen MR) is 121 cm³/mol. The van der Waals surface area contributed by atoms with E-state index in [1.807, 2.05) is 28.8 Å². The molecule has 1 aromatic carbocycles. The van der Waals surface area contributed by atoms with Gasteiger partial charge in [0.2, 0.25) is 11.7 Å². The lowest BCUT2D eigenvalue weighted by Gasteiger charge is -2.10. The monoisotopic (exact) mass is 459 g/mol. The summed E-state index contributed by atoms with van der Waals surface area (Å²) < 4.78 is 20.8. The molecule has 5 rings (SSSR count). The first kappa shape index (κ1) is 21.0. The van der Waals surface area contributed by atoms with Crippen LogP contribution in [-0.4, -0.2) is 40.6 Å². The maximum absolute atomic E-state index is 13.5. The molecule has 0 fully saturated rings. The summed E-state index contributed by atoms with van der Waals surface area (Å²) in [5, 5.41) is 13.5. The van der Waals surface area contributed by atoms with Gasteiger partial charge in [0.05, 0.1) is 0 Å². The molecule has 10 heteroatoms. The van der Waals surface area contributed by atoms with Gasteiger partial charge >= 0.3 is 0 Å². The molecule has 4 aromatic heterocycles. The second kappa shape index (κ2) is 9.70. The number of hydrogen-bond acceptors (Lipinski definition) is 8. The Morgan fingerprint density at radius 1 is 0.848 bits per heavy atom. The summed E-state index contributed by atoms with van der Waals surface area (Å²) in [4.78, 5) is 12.5. The maximum Gasteiger partial charge on any atom is 0.226 e. The first-order valence-electron chi connectivity index (χ1n) is 10.3. The maximum atomic E-state index is 13.5. The third-order valence-corrected chi connectivity index (χ3v) is 5.84. The zero-order chi connectivity index (χ0) is 22.5. The molecule has 0 bridgehead atoms. The highest BCUT2D eigenvalue weighted by Gasteiger charge is 2.16. The molecule has 0 amide bonds. The molecule has 8 nitrogen and oxygen atoms in total. The van der Waals surface area contributed by atoms with Crippen LogP contribution in [0.2, 0.25) is 0 Å². The minimum atomic E-state index is -0.294. The zero-order valence-electron chi connectivity index (χ0n) is 17.4. The van der Waals surface area contributed by atoms with Gasteiger partial charge in [0.1, 0.15) is 5.82 Å². The Hall–Kier alpha value is -3.92. The van der Waals surface area contributed by atoms with Crippen molar-refractivity contribution in [3.8, 4) is 28.5 Å². The number of halogens is 1. The van der Waals surface area contributed by atoms with E-state index < -0.39 is 0 Å². The van der Waals surface area contributed by atoms with Crippen molar-refractivity contribution in [1.29, 1.82) is 0 Å². The van der Waals surface area contributed by atoms with E-state index in [1.165, 1.54) is 12.1 Å². The van der Waals surface area contributed by atoms with Gasteiger partial charge in [-0.1, -0.05) is 16.9 Å². The minimum Gasteiger partial charge on any atom is -0.339 e. The highest BCUT2D eigenvalue weighted by atomic mass is 32.2. The number of hydrogen-bond donors (Lipinski definition) is 0. The lowest BCUT2D eigenvalue weighted by Crippen LogP contribution is -2.00. The van der Waals surface area contributed by atoms with Gasteiger partial charge in [-0.3, -0.25) is 14.5 Å². The second-order valence-electron chi connectivity index (χ2n) is 7.05. The van der Waals surface area contributed by atoms with Crippen LogP contribution < -0.4 is 0 Å². The molecule has 0 spiro atoms. The van der Waals surface area contributed by atoms with Crippen molar-refractivity contribution in [2.75, 3.05) is 5.75 Å². The lowest BCUT2D eigenvalue weighted by molar-refractivity contribution is 0.378. The standard InChI is InChI=1S/C23H18FN7OS/c24-18-3-5-19(6-4-18)31-22(17-9-13-26-14-10-17)28-29-23(31)33-15-1-2-20-27-21(30-32-20)16-7-11-25-12-8-16/h3-14H,1-2,15H2. The van der Waals surface area contributed by atoms with Crippen molar-refractivity contribution in [2.24, 2.45) is 0 Å². The van der Waals surface area contributed by atoms with Gasteiger partial charge in [0.25, 0.3) is 0 Å². The van der Waals surface area contributed by atoms with Gasteiger partial charge in [-0.2, -0.15) is 4.98 Å². The average molecular weight is 460 g/mol. The Labute approximate surface area is 192 Å². The van der Waals surface area contributed by atoms with Gasteiger partial charge in [-0.15, -0.1) is 10.2 Å². The summed E-state index contributed by atoms with van der Waals surface area (Å²) in [5.74, 6) is 2.28.